The first-order valence-corrected chi connectivity index (χ1v) is 8.34. The molecular formula is C17H26BrNO. The molecule has 0 aliphatic heterocycles. The Morgan fingerprint density at radius 3 is 2.45 bits per heavy atom. The number of ether oxygens (including phenoxy) is 1. The zero-order valence-corrected chi connectivity index (χ0v) is 14.4. The first-order chi connectivity index (χ1) is 9.44. The fraction of sp³-hybridized carbons (Fsp3) is 0.647. The Kier molecular flexibility index (Phi) is 5.65. The number of nitrogens with one attached hydrogen (secondary N) is 1. The third-order valence-corrected chi connectivity index (χ3v) is 4.11. The fourth-order valence-corrected chi connectivity index (χ4v) is 2.28. The van der Waals surface area contributed by atoms with Crippen molar-refractivity contribution in [2.45, 2.75) is 52.2 Å². The van der Waals surface area contributed by atoms with Gasteiger partial charge in [0, 0.05) is 23.7 Å². The summed E-state index contributed by atoms with van der Waals surface area (Å²) in [5.41, 5.74) is 1.59. The van der Waals surface area contributed by atoms with E-state index in [-0.39, 0.29) is 6.10 Å². The molecule has 1 saturated carbocycles. The van der Waals surface area contributed by atoms with E-state index in [0.29, 0.717) is 5.41 Å². The molecule has 0 bridgehead atoms. The van der Waals surface area contributed by atoms with Crippen molar-refractivity contribution in [3.63, 3.8) is 0 Å². The van der Waals surface area contributed by atoms with E-state index in [4.69, 9.17) is 4.74 Å². The van der Waals surface area contributed by atoms with Crippen LogP contribution in [0.25, 0.3) is 0 Å². The van der Waals surface area contributed by atoms with Crippen molar-refractivity contribution in [1.82, 2.24) is 5.32 Å². The van der Waals surface area contributed by atoms with Gasteiger partial charge in [-0.2, -0.15) is 0 Å². The van der Waals surface area contributed by atoms with E-state index < -0.39 is 0 Å². The van der Waals surface area contributed by atoms with Gasteiger partial charge in [0.05, 0.1) is 6.10 Å². The van der Waals surface area contributed by atoms with Gasteiger partial charge >= 0.3 is 0 Å². The molecule has 1 aromatic carbocycles. The summed E-state index contributed by atoms with van der Waals surface area (Å²) in [6, 6.07) is 9.21. The highest BCUT2D eigenvalue weighted by Crippen LogP contribution is 2.25. The highest BCUT2D eigenvalue weighted by molar-refractivity contribution is 9.10. The summed E-state index contributed by atoms with van der Waals surface area (Å²) in [5.74, 6) is 0. The van der Waals surface area contributed by atoms with Crippen molar-refractivity contribution in [3.05, 3.63) is 34.3 Å². The van der Waals surface area contributed by atoms with Gasteiger partial charge in [0.25, 0.3) is 0 Å². The molecule has 1 fully saturated rings. The quantitative estimate of drug-likeness (QED) is 0.777. The third-order valence-electron chi connectivity index (χ3n) is 3.58. The lowest BCUT2D eigenvalue weighted by Gasteiger charge is -2.23. The zero-order chi connectivity index (χ0) is 14.6. The second kappa shape index (κ2) is 7.06. The summed E-state index contributed by atoms with van der Waals surface area (Å²) >= 11 is 3.49. The first-order valence-electron chi connectivity index (χ1n) is 7.54. The van der Waals surface area contributed by atoms with Crippen LogP contribution in [0, 0.1) is 5.41 Å². The van der Waals surface area contributed by atoms with E-state index in [2.05, 4.69) is 66.3 Å². The molecule has 0 saturated heterocycles. The van der Waals surface area contributed by atoms with E-state index >= 15 is 0 Å². The summed E-state index contributed by atoms with van der Waals surface area (Å²) < 4.78 is 7.26. The predicted octanol–water partition coefficient (Wildman–Crippen LogP) is 4.70. The molecule has 0 aromatic heterocycles. The molecule has 3 heteroatoms. The maximum Gasteiger partial charge on any atom is 0.0949 e. The van der Waals surface area contributed by atoms with Crippen molar-refractivity contribution >= 4 is 15.9 Å². The molecule has 20 heavy (non-hydrogen) atoms. The van der Waals surface area contributed by atoms with Crippen LogP contribution in [0.4, 0.5) is 0 Å². The number of hydrogen-bond acceptors (Lipinski definition) is 2. The van der Waals surface area contributed by atoms with Crippen molar-refractivity contribution in [2.24, 2.45) is 5.41 Å². The van der Waals surface area contributed by atoms with Gasteiger partial charge in [-0.15, -0.1) is 0 Å². The lowest BCUT2D eigenvalue weighted by Crippen LogP contribution is -2.26. The Balaban J connectivity index is 1.90. The smallest absolute Gasteiger partial charge is 0.0949 e. The molecule has 0 spiro atoms. The van der Waals surface area contributed by atoms with E-state index in [1.165, 1.54) is 18.4 Å². The Bertz CT molecular complexity index is 406. The lowest BCUT2D eigenvalue weighted by atomic mass is 9.93. The minimum absolute atomic E-state index is 0.158. The topological polar surface area (TPSA) is 21.3 Å². The standard InChI is InChI=1S/C17H26BrNO/c1-17(2,3)10-11-20-16(12-19-15-8-9-15)13-4-6-14(18)7-5-13/h4-7,15-16,19H,8-12H2,1-3H3. The number of benzene rings is 1. The molecule has 0 amide bonds. The number of hydrogen-bond donors (Lipinski definition) is 1. The van der Waals surface area contributed by atoms with Gasteiger partial charge in [-0.3, -0.25) is 0 Å². The minimum Gasteiger partial charge on any atom is -0.372 e. The Morgan fingerprint density at radius 2 is 1.90 bits per heavy atom. The highest BCUT2D eigenvalue weighted by atomic mass is 79.9. The van der Waals surface area contributed by atoms with E-state index in [9.17, 15) is 0 Å². The van der Waals surface area contributed by atoms with Crippen LogP contribution in [0.3, 0.4) is 0 Å². The molecule has 1 aliphatic rings. The molecule has 2 rings (SSSR count). The fourth-order valence-electron chi connectivity index (χ4n) is 2.02. The summed E-state index contributed by atoms with van der Waals surface area (Å²) in [7, 11) is 0. The molecule has 0 radical (unpaired) electrons. The second-order valence-electron chi connectivity index (χ2n) is 6.90. The Morgan fingerprint density at radius 1 is 1.25 bits per heavy atom. The van der Waals surface area contributed by atoms with Crippen LogP contribution in [0.1, 0.15) is 51.7 Å². The van der Waals surface area contributed by atoms with Crippen LogP contribution < -0.4 is 5.32 Å². The van der Waals surface area contributed by atoms with Crippen molar-refractivity contribution in [1.29, 1.82) is 0 Å². The summed E-state index contributed by atoms with van der Waals surface area (Å²) in [6.45, 7) is 8.50. The second-order valence-corrected chi connectivity index (χ2v) is 7.82. The summed E-state index contributed by atoms with van der Waals surface area (Å²) in [4.78, 5) is 0. The van der Waals surface area contributed by atoms with Gasteiger partial charge in [0.15, 0.2) is 0 Å². The van der Waals surface area contributed by atoms with Gasteiger partial charge in [-0.05, 0) is 42.4 Å². The van der Waals surface area contributed by atoms with Gasteiger partial charge in [-0.1, -0.05) is 48.8 Å². The van der Waals surface area contributed by atoms with Gasteiger partial charge < -0.3 is 10.1 Å². The molecular weight excluding hydrogens is 314 g/mol. The molecule has 112 valence electrons. The SMILES string of the molecule is CC(C)(C)CCOC(CNC1CC1)c1ccc(Br)cc1. The van der Waals surface area contributed by atoms with Crippen LogP contribution in [-0.2, 0) is 4.74 Å². The maximum atomic E-state index is 6.14. The summed E-state index contributed by atoms with van der Waals surface area (Å²) in [5, 5.41) is 3.58. The third kappa shape index (κ3) is 5.94. The Labute approximate surface area is 131 Å². The van der Waals surface area contributed by atoms with Gasteiger partial charge in [0.1, 0.15) is 0 Å². The predicted molar refractivity (Wildman–Crippen MR) is 87.9 cm³/mol. The van der Waals surface area contributed by atoms with E-state index in [1.807, 2.05) is 0 Å². The highest BCUT2D eigenvalue weighted by Gasteiger charge is 2.23. The molecule has 1 N–H and O–H groups in total. The average molecular weight is 340 g/mol. The Hall–Kier alpha value is -0.380. The summed E-state index contributed by atoms with van der Waals surface area (Å²) in [6.07, 6.45) is 3.87. The molecule has 0 heterocycles. The van der Waals surface area contributed by atoms with Crippen LogP contribution in [0.2, 0.25) is 0 Å². The molecule has 2 nitrogen and oxygen atoms in total. The van der Waals surface area contributed by atoms with Crippen LogP contribution >= 0.6 is 15.9 Å². The largest absolute Gasteiger partial charge is 0.372 e. The monoisotopic (exact) mass is 339 g/mol. The van der Waals surface area contributed by atoms with E-state index in [0.717, 1.165) is 30.1 Å². The number of halogens is 1. The van der Waals surface area contributed by atoms with Crippen molar-refractivity contribution < 1.29 is 4.74 Å². The van der Waals surface area contributed by atoms with Gasteiger partial charge in [-0.25, -0.2) is 0 Å². The van der Waals surface area contributed by atoms with Crippen molar-refractivity contribution in [3.8, 4) is 0 Å². The normalized spacial score (nSPS) is 17.2. The minimum atomic E-state index is 0.158. The maximum absolute atomic E-state index is 6.14. The molecule has 1 unspecified atom stereocenters. The molecule has 1 aromatic rings. The first kappa shape index (κ1) is 16.0. The lowest BCUT2D eigenvalue weighted by molar-refractivity contribution is 0.0367. The van der Waals surface area contributed by atoms with Crippen LogP contribution in [0.5, 0.6) is 0 Å². The molecule has 1 atom stereocenters. The van der Waals surface area contributed by atoms with E-state index in [1.54, 1.807) is 0 Å². The molecule has 1 aliphatic carbocycles. The van der Waals surface area contributed by atoms with Crippen molar-refractivity contribution in [2.75, 3.05) is 13.2 Å². The van der Waals surface area contributed by atoms with Crippen LogP contribution in [0.15, 0.2) is 28.7 Å². The number of rotatable bonds is 7. The van der Waals surface area contributed by atoms with Gasteiger partial charge in [0.2, 0.25) is 0 Å². The van der Waals surface area contributed by atoms with Crippen LogP contribution in [-0.4, -0.2) is 19.2 Å². The zero-order valence-electron chi connectivity index (χ0n) is 12.8. The average Bonchev–Trinajstić information content (AvgIpc) is 3.17.